The lowest BCUT2D eigenvalue weighted by Gasteiger charge is -2.11. The Kier molecular flexibility index (Phi) is 6.51. The fourth-order valence-electron chi connectivity index (χ4n) is 2.55. The van der Waals surface area contributed by atoms with E-state index < -0.39 is 0 Å². The maximum atomic E-state index is 12.7. The fraction of sp³-hybridized carbons (Fsp3) is 0.316. The second-order valence-electron chi connectivity index (χ2n) is 5.43. The minimum atomic E-state index is -0.118. The van der Waals surface area contributed by atoms with Crippen molar-refractivity contribution in [3.63, 3.8) is 0 Å². The summed E-state index contributed by atoms with van der Waals surface area (Å²) in [7, 11) is 3.20. The van der Waals surface area contributed by atoms with E-state index in [0.717, 1.165) is 18.4 Å². The molecule has 2 aromatic carbocycles. The lowest BCUT2D eigenvalue weighted by Crippen LogP contribution is -2.04. The quantitative estimate of drug-likeness (QED) is 0.496. The molecular weight excluding hydrogens is 323 g/mol. The van der Waals surface area contributed by atoms with Crippen LogP contribution < -0.4 is 9.47 Å². The molecule has 0 aliphatic carbocycles. The zero-order valence-electron chi connectivity index (χ0n) is 14.1. The van der Waals surface area contributed by atoms with E-state index >= 15 is 0 Å². The molecule has 0 N–H and O–H groups in total. The van der Waals surface area contributed by atoms with Gasteiger partial charge < -0.3 is 9.47 Å². The summed E-state index contributed by atoms with van der Waals surface area (Å²) in [6.07, 6.45) is 1.81. The van der Waals surface area contributed by atoms with Crippen LogP contribution in [0.4, 0.5) is 0 Å². The third kappa shape index (κ3) is 4.01. The topological polar surface area (TPSA) is 52.6 Å². The van der Waals surface area contributed by atoms with Crippen LogP contribution in [0.15, 0.2) is 42.5 Å². The van der Waals surface area contributed by atoms with E-state index in [1.165, 1.54) is 7.11 Å². The molecule has 1 atom stereocenters. The first kappa shape index (κ1) is 18.2. The lowest BCUT2D eigenvalue weighted by molar-refractivity contribution is 0.103. The smallest absolute Gasteiger partial charge is 0.196 e. The zero-order chi connectivity index (χ0) is 17.5. The number of rotatable bonds is 8. The van der Waals surface area contributed by atoms with E-state index in [-0.39, 0.29) is 19.9 Å². The zero-order valence-corrected chi connectivity index (χ0v) is 15.0. The minimum absolute atomic E-state index is 0.0188. The highest BCUT2D eigenvalue weighted by Crippen LogP contribution is 2.32. The summed E-state index contributed by atoms with van der Waals surface area (Å²) < 4.78 is 21.7. The van der Waals surface area contributed by atoms with Crippen LogP contribution in [-0.4, -0.2) is 20.0 Å². The highest BCUT2D eigenvalue weighted by Gasteiger charge is 2.17. The summed E-state index contributed by atoms with van der Waals surface area (Å²) in [6.45, 7) is 2.06. The SMILES string of the molecule is CCCC(P=O)c1ccc(C(=O)c2ccc(OC)cc2OC)cc1. The van der Waals surface area contributed by atoms with Crippen molar-refractivity contribution in [2.24, 2.45) is 0 Å². The summed E-state index contributed by atoms with van der Waals surface area (Å²) in [5, 5.41) is 0. The normalized spacial score (nSPS) is 12.0. The van der Waals surface area contributed by atoms with Crippen LogP contribution in [0.3, 0.4) is 0 Å². The van der Waals surface area contributed by atoms with Gasteiger partial charge in [-0.2, -0.15) is 0 Å². The highest BCUT2D eigenvalue weighted by molar-refractivity contribution is 7.24. The number of carbonyl (C=O) groups is 1. The van der Waals surface area contributed by atoms with Gasteiger partial charge in [0, 0.05) is 11.6 Å². The van der Waals surface area contributed by atoms with Crippen molar-refractivity contribution in [1.82, 2.24) is 0 Å². The van der Waals surface area contributed by atoms with Gasteiger partial charge >= 0.3 is 0 Å². The van der Waals surface area contributed by atoms with Gasteiger partial charge in [-0.25, -0.2) is 0 Å². The van der Waals surface area contributed by atoms with E-state index in [1.807, 2.05) is 12.1 Å². The van der Waals surface area contributed by atoms with Crippen molar-refractivity contribution in [3.05, 3.63) is 59.2 Å². The third-order valence-electron chi connectivity index (χ3n) is 3.90. The van der Waals surface area contributed by atoms with Crippen molar-refractivity contribution in [2.45, 2.75) is 25.4 Å². The van der Waals surface area contributed by atoms with Crippen molar-refractivity contribution in [1.29, 1.82) is 0 Å². The average Bonchev–Trinajstić information content (AvgIpc) is 2.65. The first-order valence-electron chi connectivity index (χ1n) is 7.83. The van der Waals surface area contributed by atoms with Crippen molar-refractivity contribution >= 4 is 14.2 Å². The molecule has 0 aromatic heterocycles. The molecule has 0 spiro atoms. The minimum Gasteiger partial charge on any atom is -0.497 e. The number of methoxy groups -OCH3 is 2. The highest BCUT2D eigenvalue weighted by atomic mass is 31.1. The lowest BCUT2D eigenvalue weighted by atomic mass is 9.99. The standard InChI is InChI=1S/C19H21O4P/c1-4-5-18(24-21)13-6-8-14(9-7-13)19(20)16-11-10-15(22-2)12-17(16)23-3/h6-12,18H,4-5H2,1-3H3. The number of ketones is 1. The Hall–Kier alpha value is -2.19. The molecule has 5 heteroatoms. The summed E-state index contributed by atoms with van der Waals surface area (Å²) in [4.78, 5) is 12.7. The number of hydrogen-bond acceptors (Lipinski definition) is 4. The molecule has 0 aliphatic heterocycles. The Bertz CT molecular complexity index is 710. The molecule has 0 amide bonds. The Balaban J connectivity index is 2.29. The van der Waals surface area contributed by atoms with Gasteiger partial charge in [0.1, 0.15) is 11.5 Å². The molecule has 0 radical (unpaired) electrons. The Morgan fingerprint density at radius 2 is 1.79 bits per heavy atom. The molecule has 0 saturated carbocycles. The Morgan fingerprint density at radius 1 is 1.08 bits per heavy atom. The molecule has 24 heavy (non-hydrogen) atoms. The van der Waals surface area contributed by atoms with Gasteiger partial charge in [-0.1, -0.05) is 37.6 Å². The molecule has 0 heterocycles. The Morgan fingerprint density at radius 3 is 2.33 bits per heavy atom. The van der Waals surface area contributed by atoms with Crippen LogP contribution in [0.25, 0.3) is 0 Å². The summed E-state index contributed by atoms with van der Waals surface area (Å²) in [5.74, 6) is 0.994. The van der Waals surface area contributed by atoms with E-state index in [9.17, 15) is 9.36 Å². The first-order chi connectivity index (χ1) is 11.6. The predicted molar refractivity (Wildman–Crippen MR) is 94.7 cm³/mol. The van der Waals surface area contributed by atoms with E-state index in [0.29, 0.717) is 22.6 Å². The van der Waals surface area contributed by atoms with Crippen LogP contribution >= 0.6 is 8.46 Å². The summed E-state index contributed by atoms with van der Waals surface area (Å²) >= 11 is 0. The van der Waals surface area contributed by atoms with Gasteiger partial charge in [0.05, 0.1) is 25.4 Å². The third-order valence-corrected chi connectivity index (χ3v) is 4.71. The maximum Gasteiger partial charge on any atom is 0.196 e. The number of carbonyl (C=O) groups excluding carboxylic acids is 1. The molecular formula is C19H21O4P. The first-order valence-corrected chi connectivity index (χ1v) is 8.71. The van der Waals surface area contributed by atoms with E-state index in [2.05, 4.69) is 6.92 Å². The number of hydrogen-bond donors (Lipinski definition) is 0. The molecule has 1 unspecified atom stereocenters. The van der Waals surface area contributed by atoms with Crippen molar-refractivity contribution in [2.75, 3.05) is 14.2 Å². The maximum absolute atomic E-state index is 12.7. The van der Waals surface area contributed by atoms with Gasteiger partial charge in [-0.05, 0) is 24.1 Å². The summed E-state index contributed by atoms with van der Waals surface area (Å²) in [6, 6.07) is 12.4. The Labute approximate surface area is 144 Å². The van der Waals surface area contributed by atoms with E-state index in [4.69, 9.17) is 9.47 Å². The van der Waals surface area contributed by atoms with Crippen LogP contribution in [0.5, 0.6) is 11.5 Å². The van der Waals surface area contributed by atoms with Gasteiger partial charge in [-0.15, -0.1) is 0 Å². The van der Waals surface area contributed by atoms with Crippen LogP contribution in [-0.2, 0) is 4.57 Å². The van der Waals surface area contributed by atoms with Crippen LogP contribution in [0.1, 0.15) is 46.9 Å². The average molecular weight is 344 g/mol. The molecule has 0 bridgehead atoms. The van der Waals surface area contributed by atoms with Gasteiger partial charge in [-0.3, -0.25) is 9.36 Å². The fourth-order valence-corrected chi connectivity index (χ4v) is 3.21. The van der Waals surface area contributed by atoms with Gasteiger partial charge in [0.25, 0.3) is 0 Å². The van der Waals surface area contributed by atoms with Gasteiger partial charge in [0.15, 0.2) is 14.2 Å². The van der Waals surface area contributed by atoms with E-state index in [1.54, 1.807) is 37.4 Å². The molecule has 0 saturated heterocycles. The molecule has 0 aliphatic rings. The number of benzene rings is 2. The predicted octanol–water partition coefficient (Wildman–Crippen LogP) is 5.07. The number of ether oxygens (including phenoxy) is 2. The largest absolute Gasteiger partial charge is 0.497 e. The monoisotopic (exact) mass is 344 g/mol. The van der Waals surface area contributed by atoms with Crippen LogP contribution in [0, 0.1) is 0 Å². The second kappa shape index (κ2) is 8.60. The van der Waals surface area contributed by atoms with Crippen LogP contribution in [0.2, 0.25) is 0 Å². The second-order valence-corrected chi connectivity index (χ2v) is 6.26. The molecule has 2 aromatic rings. The van der Waals surface area contributed by atoms with Crippen molar-refractivity contribution in [3.8, 4) is 11.5 Å². The molecule has 126 valence electrons. The summed E-state index contributed by atoms with van der Waals surface area (Å²) in [5.41, 5.74) is 2.01. The molecule has 2 rings (SSSR count). The van der Waals surface area contributed by atoms with Gasteiger partial charge in [0.2, 0.25) is 0 Å². The molecule has 4 nitrogen and oxygen atoms in total. The molecule has 0 fully saturated rings. The van der Waals surface area contributed by atoms with Crippen molar-refractivity contribution < 1.29 is 18.8 Å².